The summed E-state index contributed by atoms with van der Waals surface area (Å²) < 4.78 is 0. The molecule has 0 spiro atoms. The van der Waals surface area contributed by atoms with E-state index in [-0.39, 0.29) is 11.5 Å². The maximum Gasteiger partial charge on any atom is 0.124 e. The number of benzene rings is 4. The van der Waals surface area contributed by atoms with Crippen molar-refractivity contribution in [2.45, 2.75) is 0 Å². The molecule has 0 bridgehead atoms. The smallest absolute Gasteiger partial charge is 0.124 e. The molecule has 0 heterocycles. The zero-order valence-corrected chi connectivity index (χ0v) is 11.8. The van der Waals surface area contributed by atoms with Crippen molar-refractivity contribution in [3.05, 3.63) is 72.8 Å². The molecule has 2 N–H and O–H groups in total. The molecule has 0 aliphatic carbocycles. The minimum atomic E-state index is 0.251. The molecule has 0 radical (unpaired) electrons. The maximum absolute atomic E-state index is 10.2. The molecule has 4 rings (SSSR count). The second-order valence-corrected chi connectivity index (χ2v) is 5.43. The van der Waals surface area contributed by atoms with Crippen LogP contribution in [0.3, 0.4) is 0 Å². The molecule has 22 heavy (non-hydrogen) atoms. The van der Waals surface area contributed by atoms with E-state index in [1.165, 1.54) is 0 Å². The van der Waals surface area contributed by atoms with E-state index >= 15 is 0 Å². The van der Waals surface area contributed by atoms with Gasteiger partial charge in [0, 0.05) is 10.8 Å². The lowest BCUT2D eigenvalue weighted by atomic mass is 9.97. The van der Waals surface area contributed by atoms with Gasteiger partial charge in [0.25, 0.3) is 0 Å². The molecule has 0 atom stereocenters. The van der Waals surface area contributed by atoms with Crippen LogP contribution in [0.1, 0.15) is 0 Å². The Kier molecular flexibility index (Phi) is 2.76. The summed E-state index contributed by atoms with van der Waals surface area (Å²) in [5.41, 5.74) is 1.77. The summed E-state index contributed by atoms with van der Waals surface area (Å²) in [6.07, 6.45) is 0. The number of fused-ring (bicyclic) bond motifs is 2. The fourth-order valence-corrected chi connectivity index (χ4v) is 2.91. The summed E-state index contributed by atoms with van der Waals surface area (Å²) in [5.74, 6) is 0.501. The number of aromatic hydroxyl groups is 2. The molecular formula is C20H14O2. The molecule has 106 valence electrons. The topological polar surface area (TPSA) is 40.5 Å². The monoisotopic (exact) mass is 286 g/mol. The maximum atomic E-state index is 10.2. The highest BCUT2D eigenvalue weighted by atomic mass is 16.3. The van der Waals surface area contributed by atoms with Crippen molar-refractivity contribution in [3.63, 3.8) is 0 Å². The zero-order chi connectivity index (χ0) is 15.1. The summed E-state index contributed by atoms with van der Waals surface area (Å²) >= 11 is 0. The Morgan fingerprint density at radius 1 is 0.500 bits per heavy atom. The largest absolute Gasteiger partial charge is 0.507 e. The Bertz CT molecular complexity index is 920. The molecule has 4 aromatic carbocycles. The number of rotatable bonds is 1. The Morgan fingerprint density at radius 2 is 0.909 bits per heavy atom. The molecule has 0 aliphatic heterocycles. The van der Waals surface area contributed by atoms with Gasteiger partial charge >= 0.3 is 0 Å². The van der Waals surface area contributed by atoms with Gasteiger partial charge in [-0.1, -0.05) is 48.5 Å². The Hall–Kier alpha value is -3.00. The van der Waals surface area contributed by atoms with E-state index in [1.807, 2.05) is 60.7 Å². The average Bonchev–Trinajstić information content (AvgIpc) is 2.55. The van der Waals surface area contributed by atoms with E-state index in [1.54, 1.807) is 12.1 Å². The molecule has 2 heteroatoms. The zero-order valence-electron chi connectivity index (χ0n) is 11.8. The van der Waals surface area contributed by atoms with Gasteiger partial charge in [0.05, 0.1) is 0 Å². The van der Waals surface area contributed by atoms with Crippen molar-refractivity contribution >= 4 is 21.5 Å². The fourth-order valence-electron chi connectivity index (χ4n) is 2.91. The highest BCUT2D eigenvalue weighted by molar-refractivity contribution is 5.96. The average molecular weight is 286 g/mol. The van der Waals surface area contributed by atoms with Crippen LogP contribution >= 0.6 is 0 Å². The number of hydrogen-bond donors (Lipinski definition) is 2. The van der Waals surface area contributed by atoms with Crippen LogP contribution in [0.2, 0.25) is 0 Å². The third kappa shape index (κ3) is 1.97. The van der Waals surface area contributed by atoms with Crippen molar-refractivity contribution in [1.82, 2.24) is 0 Å². The summed E-state index contributed by atoms with van der Waals surface area (Å²) in [6, 6.07) is 23.0. The van der Waals surface area contributed by atoms with Crippen LogP contribution in [0, 0.1) is 0 Å². The van der Waals surface area contributed by atoms with E-state index in [2.05, 4.69) is 0 Å². The summed E-state index contributed by atoms with van der Waals surface area (Å²) in [6.45, 7) is 0. The van der Waals surface area contributed by atoms with Gasteiger partial charge in [-0.2, -0.15) is 0 Å². The van der Waals surface area contributed by atoms with Gasteiger partial charge in [-0.25, -0.2) is 0 Å². The molecule has 0 aliphatic rings. The molecule has 0 saturated carbocycles. The lowest BCUT2D eigenvalue weighted by Gasteiger charge is -2.09. The van der Waals surface area contributed by atoms with Gasteiger partial charge in [0.15, 0.2) is 0 Å². The predicted octanol–water partition coefficient (Wildman–Crippen LogP) is 5.07. The summed E-state index contributed by atoms with van der Waals surface area (Å²) in [4.78, 5) is 0. The van der Waals surface area contributed by atoms with E-state index in [0.717, 1.165) is 32.7 Å². The second-order valence-electron chi connectivity index (χ2n) is 5.43. The number of phenolic OH excluding ortho intramolecular Hbond substituents is 2. The number of phenols is 2. The first kappa shape index (κ1) is 12.7. The minimum absolute atomic E-state index is 0.251. The first-order valence-corrected chi connectivity index (χ1v) is 7.16. The molecule has 2 nitrogen and oxygen atoms in total. The van der Waals surface area contributed by atoms with Crippen LogP contribution in [0.15, 0.2) is 72.8 Å². The Balaban J connectivity index is 1.99. The molecule has 4 aromatic rings. The summed E-state index contributed by atoms with van der Waals surface area (Å²) in [5, 5.41) is 24.1. The Labute approximate surface area is 127 Å². The first-order chi connectivity index (χ1) is 10.7. The third-order valence-corrected chi connectivity index (χ3v) is 4.01. The molecule has 0 amide bonds. The van der Waals surface area contributed by atoms with E-state index in [4.69, 9.17) is 0 Å². The lowest BCUT2D eigenvalue weighted by molar-refractivity contribution is 0.480. The van der Waals surface area contributed by atoms with Crippen molar-refractivity contribution in [2.24, 2.45) is 0 Å². The SMILES string of the molecule is Oc1cc(-c2cc(O)c3ccccc3c2)cc2ccccc12. The standard InChI is InChI=1S/C20H14O2/c21-19-11-15(9-13-5-1-3-7-17(13)19)16-10-14-6-2-4-8-18(14)20(22)12-16/h1-12,21-22H. The quantitative estimate of drug-likeness (QED) is 0.513. The first-order valence-electron chi connectivity index (χ1n) is 7.16. The van der Waals surface area contributed by atoms with Crippen LogP contribution < -0.4 is 0 Å². The highest BCUT2D eigenvalue weighted by Crippen LogP contribution is 2.35. The molecule has 0 fully saturated rings. The van der Waals surface area contributed by atoms with E-state index in [0.29, 0.717) is 0 Å². The fraction of sp³-hybridized carbons (Fsp3) is 0. The molecule has 0 aromatic heterocycles. The second kappa shape index (κ2) is 4.78. The molecule has 0 unspecified atom stereocenters. The number of hydrogen-bond acceptors (Lipinski definition) is 2. The van der Waals surface area contributed by atoms with Crippen LogP contribution in [0.5, 0.6) is 11.5 Å². The van der Waals surface area contributed by atoms with Gasteiger partial charge in [-0.05, 0) is 46.2 Å². The van der Waals surface area contributed by atoms with Crippen LogP contribution in [0.4, 0.5) is 0 Å². The van der Waals surface area contributed by atoms with Crippen LogP contribution in [0.25, 0.3) is 32.7 Å². The molecule has 0 saturated heterocycles. The van der Waals surface area contributed by atoms with Crippen molar-refractivity contribution in [2.75, 3.05) is 0 Å². The van der Waals surface area contributed by atoms with Gasteiger partial charge in [0.2, 0.25) is 0 Å². The Morgan fingerprint density at radius 3 is 1.36 bits per heavy atom. The lowest BCUT2D eigenvalue weighted by Crippen LogP contribution is -1.82. The third-order valence-electron chi connectivity index (χ3n) is 4.01. The van der Waals surface area contributed by atoms with Gasteiger partial charge in [-0.15, -0.1) is 0 Å². The van der Waals surface area contributed by atoms with Gasteiger partial charge < -0.3 is 10.2 Å². The van der Waals surface area contributed by atoms with E-state index < -0.39 is 0 Å². The van der Waals surface area contributed by atoms with E-state index in [9.17, 15) is 10.2 Å². The predicted molar refractivity (Wildman–Crippen MR) is 90.2 cm³/mol. The van der Waals surface area contributed by atoms with Gasteiger partial charge in [-0.3, -0.25) is 0 Å². The normalized spacial score (nSPS) is 11.1. The van der Waals surface area contributed by atoms with Crippen LogP contribution in [-0.4, -0.2) is 10.2 Å². The molecular weight excluding hydrogens is 272 g/mol. The summed E-state index contributed by atoms with van der Waals surface area (Å²) in [7, 11) is 0. The van der Waals surface area contributed by atoms with Crippen LogP contribution in [-0.2, 0) is 0 Å². The van der Waals surface area contributed by atoms with Crippen molar-refractivity contribution < 1.29 is 10.2 Å². The highest BCUT2D eigenvalue weighted by Gasteiger charge is 2.08. The van der Waals surface area contributed by atoms with Gasteiger partial charge in [0.1, 0.15) is 11.5 Å². The van der Waals surface area contributed by atoms with Crippen molar-refractivity contribution in [1.29, 1.82) is 0 Å². The van der Waals surface area contributed by atoms with Crippen molar-refractivity contribution in [3.8, 4) is 22.6 Å². The minimum Gasteiger partial charge on any atom is -0.507 e.